The van der Waals surface area contributed by atoms with E-state index < -0.39 is 0 Å². The maximum atomic E-state index is 13.2. The van der Waals surface area contributed by atoms with Crippen LogP contribution < -0.4 is 0 Å². The summed E-state index contributed by atoms with van der Waals surface area (Å²) in [7, 11) is 2.07. The molecule has 9 heteroatoms. The second-order valence-corrected chi connectivity index (χ2v) is 8.78. The van der Waals surface area contributed by atoms with Crippen LogP contribution in [-0.4, -0.2) is 80.9 Å². The quantitative estimate of drug-likeness (QED) is 0.726. The number of likely N-dealkylation sites (N-methyl/N-ethyl adjacent to an activating group) is 1. The van der Waals surface area contributed by atoms with E-state index in [1.807, 2.05) is 21.9 Å². The van der Waals surface area contributed by atoms with E-state index >= 15 is 0 Å². The Kier molecular flexibility index (Phi) is 6.38. The van der Waals surface area contributed by atoms with E-state index in [1.165, 1.54) is 11.5 Å². The molecule has 2 aromatic rings. The maximum Gasteiger partial charge on any atom is 0.268 e. The molecule has 0 spiro atoms. The molecule has 0 bridgehead atoms. The highest BCUT2D eigenvalue weighted by molar-refractivity contribution is 7.08. The number of nitrogens with zero attached hydrogens (tertiary/aromatic N) is 6. The van der Waals surface area contributed by atoms with Crippen LogP contribution in [0.2, 0.25) is 0 Å². The molecule has 2 aliphatic rings. The van der Waals surface area contributed by atoms with Crippen molar-refractivity contribution in [1.82, 2.24) is 29.3 Å². The topological polar surface area (TPSA) is 82.5 Å². The summed E-state index contributed by atoms with van der Waals surface area (Å²) in [5.41, 5.74) is 2.24. The second kappa shape index (κ2) is 9.18. The highest BCUT2D eigenvalue weighted by Gasteiger charge is 2.34. The molecule has 4 heterocycles. The Hall–Kier alpha value is -2.39. The molecular weight excluding hydrogens is 400 g/mol. The first kappa shape index (κ1) is 20.9. The SMILES string of the molecule is CCCc1nnsc1C(=O)N1CCCC1c1ccc(C(=O)N2CCN(C)CC2)cn1. The number of piperazine rings is 1. The molecule has 2 aromatic heterocycles. The van der Waals surface area contributed by atoms with Crippen LogP contribution in [-0.2, 0) is 6.42 Å². The number of hydrogen-bond acceptors (Lipinski definition) is 7. The Morgan fingerprint density at radius 3 is 2.63 bits per heavy atom. The van der Waals surface area contributed by atoms with Crippen molar-refractivity contribution in [3.05, 3.63) is 40.2 Å². The average molecular weight is 429 g/mol. The number of rotatable bonds is 5. The number of carbonyl (C=O) groups is 2. The molecule has 4 rings (SSSR count). The Bertz CT molecular complexity index is 891. The van der Waals surface area contributed by atoms with E-state index in [-0.39, 0.29) is 17.9 Å². The fourth-order valence-electron chi connectivity index (χ4n) is 4.14. The van der Waals surface area contributed by atoms with Crippen LogP contribution in [0, 0.1) is 0 Å². The van der Waals surface area contributed by atoms with Gasteiger partial charge in [-0.1, -0.05) is 17.8 Å². The summed E-state index contributed by atoms with van der Waals surface area (Å²) in [4.78, 5) is 37.1. The van der Waals surface area contributed by atoms with Crippen molar-refractivity contribution < 1.29 is 9.59 Å². The van der Waals surface area contributed by atoms with Crippen LogP contribution >= 0.6 is 11.5 Å². The molecule has 1 unspecified atom stereocenters. The Morgan fingerprint density at radius 2 is 1.93 bits per heavy atom. The van der Waals surface area contributed by atoms with Gasteiger partial charge >= 0.3 is 0 Å². The number of amides is 2. The summed E-state index contributed by atoms with van der Waals surface area (Å²) in [5, 5.41) is 4.14. The zero-order valence-corrected chi connectivity index (χ0v) is 18.4. The van der Waals surface area contributed by atoms with E-state index in [9.17, 15) is 9.59 Å². The van der Waals surface area contributed by atoms with Crippen LogP contribution in [0.1, 0.15) is 63.6 Å². The third-order valence-electron chi connectivity index (χ3n) is 5.92. The molecule has 2 fully saturated rings. The molecule has 0 N–H and O–H groups in total. The van der Waals surface area contributed by atoms with Crippen LogP contribution in [0.3, 0.4) is 0 Å². The Morgan fingerprint density at radius 1 is 1.13 bits per heavy atom. The fraction of sp³-hybridized carbons (Fsp3) is 0.571. The first-order valence-corrected chi connectivity index (χ1v) is 11.4. The summed E-state index contributed by atoms with van der Waals surface area (Å²) >= 11 is 1.18. The lowest BCUT2D eigenvalue weighted by molar-refractivity contribution is 0.0662. The van der Waals surface area contributed by atoms with Crippen molar-refractivity contribution >= 4 is 23.3 Å². The average Bonchev–Trinajstić information content (AvgIpc) is 3.44. The number of likely N-dealkylation sites (tertiary alicyclic amines) is 1. The minimum atomic E-state index is -0.0677. The van der Waals surface area contributed by atoms with Gasteiger partial charge in [0, 0.05) is 38.9 Å². The normalized spacial score (nSPS) is 20.0. The zero-order chi connectivity index (χ0) is 21.1. The second-order valence-electron chi connectivity index (χ2n) is 8.02. The molecule has 30 heavy (non-hydrogen) atoms. The number of hydrogen-bond donors (Lipinski definition) is 0. The highest BCUT2D eigenvalue weighted by atomic mass is 32.1. The van der Waals surface area contributed by atoms with E-state index in [2.05, 4.69) is 33.4 Å². The van der Waals surface area contributed by atoms with Gasteiger partial charge in [0.25, 0.3) is 11.8 Å². The monoisotopic (exact) mass is 428 g/mol. The van der Waals surface area contributed by atoms with Gasteiger partial charge in [0.05, 0.1) is 23.0 Å². The summed E-state index contributed by atoms with van der Waals surface area (Å²) in [6.07, 6.45) is 5.17. The van der Waals surface area contributed by atoms with Crippen LogP contribution in [0.25, 0.3) is 0 Å². The minimum Gasteiger partial charge on any atom is -0.336 e. The summed E-state index contributed by atoms with van der Waals surface area (Å²) in [6, 6.07) is 3.68. The van der Waals surface area contributed by atoms with Gasteiger partial charge in [-0.25, -0.2) is 0 Å². The molecule has 160 valence electrons. The molecule has 0 saturated carbocycles. The van der Waals surface area contributed by atoms with Gasteiger partial charge in [0.2, 0.25) is 0 Å². The first-order valence-electron chi connectivity index (χ1n) is 10.6. The van der Waals surface area contributed by atoms with E-state index in [0.29, 0.717) is 17.0 Å². The van der Waals surface area contributed by atoms with Gasteiger partial charge in [0.15, 0.2) is 0 Å². The highest BCUT2D eigenvalue weighted by Crippen LogP contribution is 2.33. The smallest absolute Gasteiger partial charge is 0.268 e. The maximum absolute atomic E-state index is 13.2. The third kappa shape index (κ3) is 4.22. The lowest BCUT2D eigenvalue weighted by Gasteiger charge is -2.32. The standard InChI is InChI=1S/C21H28N6O2S/c1-3-5-17-19(30-24-23-17)21(29)27-9-4-6-18(27)16-8-7-15(14-22-16)20(28)26-12-10-25(2)11-13-26/h7-8,14,18H,3-6,9-13H2,1-2H3. The number of aryl methyl sites for hydroxylation is 1. The summed E-state index contributed by atoms with van der Waals surface area (Å²) in [5.74, 6) is 0.0248. The van der Waals surface area contributed by atoms with E-state index in [1.54, 1.807) is 6.20 Å². The number of aromatic nitrogens is 3. The van der Waals surface area contributed by atoms with Gasteiger partial charge in [-0.2, -0.15) is 0 Å². The Balaban J connectivity index is 1.47. The molecule has 1 atom stereocenters. The number of carbonyl (C=O) groups excluding carboxylic acids is 2. The van der Waals surface area contributed by atoms with Crippen LogP contribution in [0.15, 0.2) is 18.3 Å². The van der Waals surface area contributed by atoms with Crippen molar-refractivity contribution in [3.8, 4) is 0 Å². The molecule has 0 radical (unpaired) electrons. The minimum absolute atomic E-state index is 0.00432. The van der Waals surface area contributed by atoms with Gasteiger partial charge < -0.3 is 14.7 Å². The van der Waals surface area contributed by atoms with Gasteiger partial charge in [-0.15, -0.1) is 5.10 Å². The molecule has 2 saturated heterocycles. The van der Waals surface area contributed by atoms with E-state index in [0.717, 1.165) is 63.3 Å². The van der Waals surface area contributed by atoms with Gasteiger partial charge in [-0.05, 0) is 50.0 Å². The molecule has 8 nitrogen and oxygen atoms in total. The van der Waals surface area contributed by atoms with Crippen molar-refractivity contribution in [3.63, 3.8) is 0 Å². The number of pyridine rings is 1. The molecule has 2 amide bonds. The zero-order valence-electron chi connectivity index (χ0n) is 17.6. The predicted octanol–water partition coefficient (Wildman–Crippen LogP) is 2.25. The largest absolute Gasteiger partial charge is 0.336 e. The predicted molar refractivity (Wildman–Crippen MR) is 115 cm³/mol. The third-order valence-corrected chi connectivity index (χ3v) is 6.67. The molecule has 2 aliphatic heterocycles. The molecule has 0 aliphatic carbocycles. The Labute approximate surface area is 181 Å². The van der Waals surface area contributed by atoms with Crippen molar-refractivity contribution in [2.24, 2.45) is 0 Å². The fourth-order valence-corrected chi connectivity index (χ4v) is 4.80. The molecule has 0 aromatic carbocycles. The van der Waals surface area contributed by atoms with Crippen molar-refractivity contribution in [1.29, 1.82) is 0 Å². The van der Waals surface area contributed by atoms with Crippen molar-refractivity contribution in [2.45, 2.75) is 38.6 Å². The van der Waals surface area contributed by atoms with Gasteiger partial charge in [-0.3, -0.25) is 14.6 Å². The van der Waals surface area contributed by atoms with Crippen LogP contribution in [0.5, 0.6) is 0 Å². The first-order chi connectivity index (χ1) is 14.6. The van der Waals surface area contributed by atoms with E-state index in [4.69, 9.17) is 0 Å². The van der Waals surface area contributed by atoms with Crippen LogP contribution in [0.4, 0.5) is 0 Å². The van der Waals surface area contributed by atoms with Gasteiger partial charge in [0.1, 0.15) is 4.88 Å². The molecular formula is C21H28N6O2S. The summed E-state index contributed by atoms with van der Waals surface area (Å²) < 4.78 is 3.99. The summed E-state index contributed by atoms with van der Waals surface area (Å²) in [6.45, 7) is 6.04. The lowest BCUT2D eigenvalue weighted by Crippen LogP contribution is -2.47. The lowest BCUT2D eigenvalue weighted by atomic mass is 10.1. The van der Waals surface area contributed by atoms with Crippen molar-refractivity contribution in [2.75, 3.05) is 39.8 Å².